The van der Waals surface area contributed by atoms with Gasteiger partial charge in [0, 0.05) is 5.92 Å². The van der Waals surface area contributed by atoms with E-state index in [9.17, 15) is 4.79 Å². The van der Waals surface area contributed by atoms with E-state index in [0.717, 1.165) is 6.42 Å². The monoisotopic (exact) mass is 191 g/mol. The average Bonchev–Trinajstić information content (AvgIpc) is 2.01. The van der Waals surface area contributed by atoms with Crippen molar-refractivity contribution in [2.24, 2.45) is 11.7 Å². The number of carbonyl (C=O) groups excluding carboxylic acids is 1. The highest BCUT2D eigenvalue weighted by Crippen LogP contribution is 2.13. The maximum atomic E-state index is 10.9. The van der Waals surface area contributed by atoms with Crippen molar-refractivity contribution in [3.63, 3.8) is 0 Å². The summed E-state index contributed by atoms with van der Waals surface area (Å²) in [5.41, 5.74) is 8.88. The first-order valence-electron chi connectivity index (χ1n) is 4.85. The summed E-state index contributed by atoms with van der Waals surface area (Å²) in [5, 5.41) is 0. The minimum absolute atomic E-state index is 0.0869. The Balaban J connectivity index is 2.81. The van der Waals surface area contributed by atoms with Crippen LogP contribution in [-0.4, -0.2) is 5.91 Å². The van der Waals surface area contributed by atoms with Crippen LogP contribution in [0.4, 0.5) is 0 Å². The number of carbonyl (C=O) groups is 1. The van der Waals surface area contributed by atoms with Gasteiger partial charge in [-0.25, -0.2) is 0 Å². The molecule has 76 valence electrons. The highest BCUT2D eigenvalue weighted by Gasteiger charge is 2.09. The number of benzene rings is 1. The summed E-state index contributed by atoms with van der Waals surface area (Å²) < 4.78 is 0. The van der Waals surface area contributed by atoms with Crippen LogP contribution >= 0.6 is 0 Å². The van der Waals surface area contributed by atoms with Crippen LogP contribution in [0.1, 0.15) is 23.6 Å². The number of hydrogen-bond donors (Lipinski definition) is 1. The second kappa shape index (κ2) is 4.27. The van der Waals surface area contributed by atoms with Gasteiger partial charge in [-0.1, -0.05) is 36.2 Å². The van der Waals surface area contributed by atoms with Crippen molar-refractivity contribution in [1.82, 2.24) is 0 Å². The molecule has 1 rings (SSSR count). The molecule has 0 aliphatic carbocycles. The second-order valence-electron chi connectivity index (χ2n) is 4.00. The van der Waals surface area contributed by atoms with E-state index in [2.05, 4.69) is 32.0 Å². The Bertz CT molecular complexity index is 324. The summed E-state index contributed by atoms with van der Waals surface area (Å²) in [6.45, 7) is 5.98. The molecule has 0 radical (unpaired) electrons. The lowest BCUT2D eigenvalue weighted by Crippen LogP contribution is -2.22. The summed E-state index contributed by atoms with van der Waals surface area (Å²) in [5.74, 6) is -0.319. The predicted molar refractivity (Wildman–Crippen MR) is 58.0 cm³/mol. The van der Waals surface area contributed by atoms with E-state index in [1.165, 1.54) is 16.7 Å². The van der Waals surface area contributed by atoms with E-state index >= 15 is 0 Å². The van der Waals surface area contributed by atoms with Crippen molar-refractivity contribution >= 4 is 5.91 Å². The fourth-order valence-electron chi connectivity index (χ4n) is 1.64. The van der Waals surface area contributed by atoms with Crippen LogP contribution in [0.5, 0.6) is 0 Å². The molecule has 1 atom stereocenters. The zero-order valence-electron chi connectivity index (χ0n) is 9.00. The Hall–Kier alpha value is -1.31. The molecule has 1 aromatic carbocycles. The summed E-state index contributed by atoms with van der Waals surface area (Å²) in [6.07, 6.45) is 0.734. The third-order valence-electron chi connectivity index (χ3n) is 2.31. The zero-order valence-corrected chi connectivity index (χ0v) is 9.00. The molecule has 0 saturated carbocycles. The third-order valence-corrected chi connectivity index (χ3v) is 2.31. The Kier molecular flexibility index (Phi) is 3.28. The van der Waals surface area contributed by atoms with Gasteiger partial charge in [-0.3, -0.25) is 4.79 Å². The Morgan fingerprint density at radius 3 is 2.21 bits per heavy atom. The smallest absolute Gasteiger partial charge is 0.220 e. The first-order chi connectivity index (χ1) is 6.49. The summed E-state index contributed by atoms with van der Waals surface area (Å²) in [7, 11) is 0. The minimum atomic E-state index is -0.232. The fourth-order valence-corrected chi connectivity index (χ4v) is 1.64. The van der Waals surface area contributed by atoms with E-state index in [1.54, 1.807) is 0 Å². The van der Waals surface area contributed by atoms with Gasteiger partial charge >= 0.3 is 0 Å². The van der Waals surface area contributed by atoms with Gasteiger partial charge in [-0.15, -0.1) is 0 Å². The van der Waals surface area contributed by atoms with Gasteiger partial charge in [-0.05, 0) is 25.8 Å². The van der Waals surface area contributed by atoms with E-state index < -0.39 is 0 Å². The van der Waals surface area contributed by atoms with Crippen molar-refractivity contribution in [3.8, 4) is 0 Å². The average molecular weight is 191 g/mol. The number of hydrogen-bond acceptors (Lipinski definition) is 1. The maximum Gasteiger partial charge on any atom is 0.220 e. The van der Waals surface area contributed by atoms with Crippen LogP contribution in [0.3, 0.4) is 0 Å². The molecule has 0 aromatic heterocycles. The van der Waals surface area contributed by atoms with Gasteiger partial charge < -0.3 is 5.73 Å². The molecule has 0 fully saturated rings. The number of primary amides is 1. The number of amides is 1. The molecule has 0 spiro atoms. The van der Waals surface area contributed by atoms with Crippen LogP contribution in [0.15, 0.2) is 18.2 Å². The molecular formula is C12H17NO. The van der Waals surface area contributed by atoms with Crippen molar-refractivity contribution in [2.75, 3.05) is 0 Å². The SMILES string of the molecule is Cc1cc(C)cc(C[C@H](C)C(N)=O)c1. The van der Waals surface area contributed by atoms with E-state index in [0.29, 0.717) is 0 Å². The largest absolute Gasteiger partial charge is 0.369 e. The number of nitrogens with two attached hydrogens (primary N) is 1. The molecular weight excluding hydrogens is 174 g/mol. The molecule has 0 aliphatic rings. The fraction of sp³-hybridized carbons (Fsp3) is 0.417. The Labute approximate surface area is 85.1 Å². The predicted octanol–water partition coefficient (Wildman–Crippen LogP) is 1.97. The molecule has 0 saturated heterocycles. The molecule has 14 heavy (non-hydrogen) atoms. The van der Waals surface area contributed by atoms with Crippen molar-refractivity contribution < 1.29 is 4.79 Å². The molecule has 1 amide bonds. The topological polar surface area (TPSA) is 43.1 Å². The third kappa shape index (κ3) is 2.87. The Morgan fingerprint density at radius 2 is 1.79 bits per heavy atom. The molecule has 0 heterocycles. The summed E-state index contributed by atoms with van der Waals surface area (Å²) >= 11 is 0. The molecule has 2 nitrogen and oxygen atoms in total. The highest BCUT2D eigenvalue weighted by molar-refractivity contribution is 5.76. The molecule has 0 aliphatic heterocycles. The van der Waals surface area contributed by atoms with E-state index in [-0.39, 0.29) is 11.8 Å². The van der Waals surface area contributed by atoms with Gasteiger partial charge in [0.1, 0.15) is 0 Å². The van der Waals surface area contributed by atoms with Gasteiger partial charge in [0.15, 0.2) is 0 Å². The van der Waals surface area contributed by atoms with Crippen LogP contribution in [-0.2, 0) is 11.2 Å². The van der Waals surface area contributed by atoms with E-state index in [1.807, 2.05) is 6.92 Å². The molecule has 2 heteroatoms. The summed E-state index contributed by atoms with van der Waals surface area (Å²) in [4.78, 5) is 10.9. The summed E-state index contributed by atoms with van der Waals surface area (Å²) in [6, 6.07) is 6.33. The van der Waals surface area contributed by atoms with Gasteiger partial charge in [0.05, 0.1) is 0 Å². The molecule has 0 unspecified atom stereocenters. The van der Waals surface area contributed by atoms with Crippen molar-refractivity contribution in [3.05, 3.63) is 34.9 Å². The van der Waals surface area contributed by atoms with Crippen LogP contribution < -0.4 is 5.73 Å². The van der Waals surface area contributed by atoms with Gasteiger partial charge in [-0.2, -0.15) is 0 Å². The Morgan fingerprint density at radius 1 is 1.29 bits per heavy atom. The maximum absolute atomic E-state index is 10.9. The van der Waals surface area contributed by atoms with Gasteiger partial charge in [0.2, 0.25) is 5.91 Å². The minimum Gasteiger partial charge on any atom is -0.369 e. The lowest BCUT2D eigenvalue weighted by atomic mass is 9.98. The van der Waals surface area contributed by atoms with Gasteiger partial charge in [0.25, 0.3) is 0 Å². The van der Waals surface area contributed by atoms with Crippen molar-refractivity contribution in [2.45, 2.75) is 27.2 Å². The van der Waals surface area contributed by atoms with Crippen LogP contribution in [0.25, 0.3) is 0 Å². The highest BCUT2D eigenvalue weighted by atomic mass is 16.1. The molecule has 2 N–H and O–H groups in total. The van der Waals surface area contributed by atoms with Crippen LogP contribution in [0, 0.1) is 19.8 Å². The molecule has 1 aromatic rings. The van der Waals surface area contributed by atoms with Crippen molar-refractivity contribution in [1.29, 1.82) is 0 Å². The second-order valence-corrected chi connectivity index (χ2v) is 4.00. The normalized spacial score (nSPS) is 12.5. The number of rotatable bonds is 3. The lowest BCUT2D eigenvalue weighted by Gasteiger charge is -2.08. The first kappa shape index (κ1) is 10.8. The quantitative estimate of drug-likeness (QED) is 0.779. The molecule has 0 bridgehead atoms. The number of aryl methyl sites for hydroxylation is 2. The van der Waals surface area contributed by atoms with Crippen LogP contribution in [0.2, 0.25) is 0 Å². The first-order valence-corrected chi connectivity index (χ1v) is 4.85. The standard InChI is InChI=1S/C12H17NO/c1-8-4-9(2)6-11(5-8)7-10(3)12(13)14/h4-6,10H,7H2,1-3H3,(H2,13,14)/t10-/m0/s1. The van der Waals surface area contributed by atoms with E-state index in [4.69, 9.17) is 5.73 Å². The zero-order chi connectivity index (χ0) is 10.7. The lowest BCUT2D eigenvalue weighted by molar-refractivity contribution is -0.121.